The standard InChI is InChI=1S/C17H23N3O/c1-12-9-14(12)16-3-4-17(21-16)15(10-18)20(2)11-13-5-7-19-8-6-13/h3-8,12,14-15H,9-11,18H2,1-2H3. The van der Waals surface area contributed by atoms with Crippen LogP contribution in [0.5, 0.6) is 0 Å². The molecule has 4 nitrogen and oxygen atoms in total. The summed E-state index contributed by atoms with van der Waals surface area (Å²) in [6.07, 6.45) is 4.88. The molecule has 21 heavy (non-hydrogen) atoms. The van der Waals surface area contributed by atoms with Gasteiger partial charge in [0.25, 0.3) is 0 Å². The van der Waals surface area contributed by atoms with Gasteiger partial charge in [-0.2, -0.15) is 0 Å². The van der Waals surface area contributed by atoms with Gasteiger partial charge in [-0.3, -0.25) is 9.88 Å². The molecule has 1 aliphatic rings. The topological polar surface area (TPSA) is 55.3 Å². The van der Waals surface area contributed by atoms with Crippen LogP contribution in [0.25, 0.3) is 0 Å². The molecule has 0 aliphatic heterocycles. The van der Waals surface area contributed by atoms with Crippen LogP contribution in [0.15, 0.2) is 41.1 Å². The lowest BCUT2D eigenvalue weighted by molar-refractivity contribution is 0.210. The largest absolute Gasteiger partial charge is 0.464 e. The number of nitrogens with zero attached hydrogens (tertiary/aromatic N) is 2. The summed E-state index contributed by atoms with van der Waals surface area (Å²) in [6.45, 7) is 3.65. The Hall–Kier alpha value is -1.65. The van der Waals surface area contributed by atoms with Crippen molar-refractivity contribution in [1.29, 1.82) is 0 Å². The molecule has 3 atom stereocenters. The van der Waals surface area contributed by atoms with Crippen LogP contribution < -0.4 is 5.73 Å². The zero-order valence-electron chi connectivity index (χ0n) is 12.7. The number of rotatable bonds is 6. The average Bonchev–Trinajstić information content (AvgIpc) is 3.02. The molecule has 112 valence electrons. The molecule has 2 N–H and O–H groups in total. The molecule has 1 aliphatic carbocycles. The van der Waals surface area contributed by atoms with Crippen LogP contribution in [0.4, 0.5) is 0 Å². The first kappa shape index (κ1) is 14.3. The second-order valence-corrected chi connectivity index (χ2v) is 6.08. The van der Waals surface area contributed by atoms with Crippen LogP contribution in [0.2, 0.25) is 0 Å². The summed E-state index contributed by atoms with van der Waals surface area (Å²) in [4.78, 5) is 6.28. The third-order valence-electron chi connectivity index (χ3n) is 4.39. The van der Waals surface area contributed by atoms with Crippen LogP contribution in [-0.2, 0) is 6.54 Å². The Bertz CT molecular complexity index is 581. The Morgan fingerprint density at radius 2 is 2.05 bits per heavy atom. The van der Waals surface area contributed by atoms with Gasteiger partial charge in [0.2, 0.25) is 0 Å². The highest BCUT2D eigenvalue weighted by molar-refractivity contribution is 5.20. The maximum absolute atomic E-state index is 6.06. The van der Waals surface area contributed by atoms with Crippen molar-refractivity contribution < 1.29 is 4.42 Å². The van der Waals surface area contributed by atoms with E-state index in [-0.39, 0.29) is 6.04 Å². The molecule has 2 heterocycles. The molecule has 0 spiro atoms. The van der Waals surface area contributed by atoms with Crippen LogP contribution in [0.1, 0.15) is 42.4 Å². The lowest BCUT2D eigenvalue weighted by atomic mass is 10.1. The van der Waals surface area contributed by atoms with E-state index in [1.54, 1.807) is 0 Å². The smallest absolute Gasteiger partial charge is 0.122 e. The normalized spacial score (nSPS) is 22.5. The minimum Gasteiger partial charge on any atom is -0.464 e. The Kier molecular flexibility index (Phi) is 4.08. The van der Waals surface area contributed by atoms with E-state index in [1.165, 1.54) is 12.0 Å². The van der Waals surface area contributed by atoms with Gasteiger partial charge in [0.15, 0.2) is 0 Å². The van der Waals surface area contributed by atoms with E-state index in [2.05, 4.69) is 36.0 Å². The summed E-state index contributed by atoms with van der Waals surface area (Å²) in [6, 6.07) is 8.38. The Morgan fingerprint density at radius 1 is 1.33 bits per heavy atom. The molecular formula is C17H23N3O. The van der Waals surface area contributed by atoms with Crippen LogP contribution in [0, 0.1) is 5.92 Å². The van der Waals surface area contributed by atoms with E-state index in [0.717, 1.165) is 24.0 Å². The van der Waals surface area contributed by atoms with Gasteiger partial charge < -0.3 is 10.2 Å². The van der Waals surface area contributed by atoms with E-state index < -0.39 is 0 Å². The first-order valence-electron chi connectivity index (χ1n) is 7.58. The van der Waals surface area contributed by atoms with E-state index >= 15 is 0 Å². The molecule has 0 saturated heterocycles. The van der Waals surface area contributed by atoms with Crippen molar-refractivity contribution in [2.75, 3.05) is 13.6 Å². The molecule has 1 saturated carbocycles. The minimum absolute atomic E-state index is 0.112. The van der Waals surface area contributed by atoms with E-state index in [9.17, 15) is 0 Å². The summed E-state index contributed by atoms with van der Waals surface area (Å²) < 4.78 is 6.06. The van der Waals surface area contributed by atoms with Gasteiger partial charge in [0.1, 0.15) is 11.5 Å². The molecule has 4 heteroatoms. The number of hydrogen-bond acceptors (Lipinski definition) is 4. The first-order valence-corrected chi connectivity index (χ1v) is 7.58. The molecule has 0 aromatic carbocycles. The first-order chi connectivity index (χ1) is 10.2. The second kappa shape index (κ2) is 6.00. The fourth-order valence-corrected chi connectivity index (χ4v) is 2.87. The third kappa shape index (κ3) is 3.17. The summed E-state index contributed by atoms with van der Waals surface area (Å²) in [7, 11) is 2.08. The minimum atomic E-state index is 0.112. The van der Waals surface area contributed by atoms with Gasteiger partial charge in [-0.1, -0.05) is 6.92 Å². The Labute approximate surface area is 126 Å². The fourth-order valence-electron chi connectivity index (χ4n) is 2.87. The van der Waals surface area contributed by atoms with Crippen molar-refractivity contribution >= 4 is 0 Å². The molecule has 0 radical (unpaired) electrons. The van der Waals surface area contributed by atoms with Crippen molar-refractivity contribution in [1.82, 2.24) is 9.88 Å². The molecule has 2 aromatic heterocycles. The van der Waals surface area contributed by atoms with Gasteiger partial charge >= 0.3 is 0 Å². The van der Waals surface area contributed by atoms with Crippen molar-refractivity contribution in [2.45, 2.75) is 31.8 Å². The van der Waals surface area contributed by atoms with Gasteiger partial charge in [-0.25, -0.2) is 0 Å². The van der Waals surface area contributed by atoms with Gasteiger partial charge in [-0.15, -0.1) is 0 Å². The zero-order chi connectivity index (χ0) is 14.8. The predicted molar refractivity (Wildman–Crippen MR) is 82.7 cm³/mol. The molecule has 0 amide bonds. The van der Waals surface area contributed by atoms with Crippen LogP contribution in [0.3, 0.4) is 0 Å². The molecule has 3 rings (SSSR count). The van der Waals surface area contributed by atoms with Gasteiger partial charge in [-0.05, 0) is 49.2 Å². The van der Waals surface area contributed by atoms with Crippen LogP contribution in [-0.4, -0.2) is 23.5 Å². The average molecular weight is 285 g/mol. The van der Waals surface area contributed by atoms with Crippen molar-refractivity contribution in [3.05, 3.63) is 53.7 Å². The van der Waals surface area contributed by atoms with Crippen molar-refractivity contribution in [3.8, 4) is 0 Å². The number of aromatic nitrogens is 1. The lowest BCUT2D eigenvalue weighted by Gasteiger charge is -2.25. The summed E-state index contributed by atoms with van der Waals surface area (Å²) in [5.74, 6) is 3.47. The SMILES string of the molecule is CC1CC1c1ccc(C(CN)N(C)Cc2ccncc2)o1. The highest BCUT2D eigenvalue weighted by atomic mass is 16.3. The van der Waals surface area contributed by atoms with Gasteiger partial charge in [0.05, 0.1) is 6.04 Å². The maximum Gasteiger partial charge on any atom is 0.122 e. The summed E-state index contributed by atoms with van der Waals surface area (Å²) in [5.41, 5.74) is 7.20. The highest BCUT2D eigenvalue weighted by Gasteiger charge is 2.37. The predicted octanol–water partition coefficient (Wildman–Crippen LogP) is 2.93. The third-order valence-corrected chi connectivity index (χ3v) is 4.39. The summed E-state index contributed by atoms with van der Waals surface area (Å²) in [5, 5.41) is 0. The number of hydrogen-bond donors (Lipinski definition) is 1. The molecule has 3 unspecified atom stereocenters. The number of likely N-dealkylation sites (N-methyl/N-ethyl adjacent to an activating group) is 1. The fraction of sp³-hybridized carbons (Fsp3) is 0.471. The van der Waals surface area contributed by atoms with E-state index in [0.29, 0.717) is 12.5 Å². The van der Waals surface area contributed by atoms with Crippen molar-refractivity contribution in [3.63, 3.8) is 0 Å². The lowest BCUT2D eigenvalue weighted by Crippen LogP contribution is -2.29. The molecular weight excluding hydrogens is 262 g/mol. The quantitative estimate of drug-likeness (QED) is 0.886. The summed E-state index contributed by atoms with van der Waals surface area (Å²) >= 11 is 0. The van der Waals surface area contributed by atoms with E-state index in [1.807, 2.05) is 24.5 Å². The van der Waals surface area contributed by atoms with Gasteiger partial charge in [0, 0.05) is 31.4 Å². The number of pyridine rings is 1. The van der Waals surface area contributed by atoms with E-state index in [4.69, 9.17) is 10.2 Å². The Balaban J connectivity index is 1.70. The maximum atomic E-state index is 6.06. The van der Waals surface area contributed by atoms with Crippen molar-refractivity contribution in [2.24, 2.45) is 11.7 Å². The number of nitrogens with two attached hydrogens (primary N) is 1. The molecule has 0 bridgehead atoms. The molecule has 1 fully saturated rings. The zero-order valence-corrected chi connectivity index (χ0v) is 12.7. The monoisotopic (exact) mass is 285 g/mol. The second-order valence-electron chi connectivity index (χ2n) is 6.08. The highest BCUT2D eigenvalue weighted by Crippen LogP contribution is 2.47. The number of furan rings is 1. The molecule has 2 aromatic rings. The Morgan fingerprint density at radius 3 is 2.67 bits per heavy atom. The van der Waals surface area contributed by atoms with Crippen LogP contribution >= 0.6 is 0 Å².